The van der Waals surface area contributed by atoms with Gasteiger partial charge in [-0.2, -0.15) is 0 Å². The number of aromatic nitrogens is 1. The van der Waals surface area contributed by atoms with Crippen LogP contribution in [0.15, 0.2) is 47.1 Å². The Morgan fingerprint density at radius 3 is 2.59 bits per heavy atom. The van der Waals surface area contributed by atoms with Gasteiger partial charge < -0.3 is 4.74 Å². The van der Waals surface area contributed by atoms with E-state index in [4.69, 9.17) is 4.74 Å². The summed E-state index contributed by atoms with van der Waals surface area (Å²) in [5, 5.41) is 0. The molecule has 2 aromatic rings. The van der Waals surface area contributed by atoms with Crippen LogP contribution in [0.1, 0.15) is 24.2 Å². The Morgan fingerprint density at radius 1 is 1.24 bits per heavy atom. The van der Waals surface area contributed by atoms with Crippen molar-refractivity contribution in [3.05, 3.63) is 58.2 Å². The Labute approximate surface area is 110 Å². The molecule has 1 heterocycles. The van der Waals surface area contributed by atoms with Gasteiger partial charge in [0.15, 0.2) is 0 Å². The van der Waals surface area contributed by atoms with Crippen molar-refractivity contribution in [2.24, 2.45) is 0 Å². The van der Waals surface area contributed by atoms with E-state index in [0.717, 1.165) is 15.6 Å². The van der Waals surface area contributed by atoms with Crippen LogP contribution >= 0.6 is 15.9 Å². The largest absolute Gasteiger partial charge is 0.469 e. The standard InChI is InChI=1S/C14H14BrNO/c1-10-8-13(15)14(16-9-10)17-11(2)12-6-4-3-5-7-12/h3-9,11H,1-2H3. The first-order valence-electron chi connectivity index (χ1n) is 5.50. The predicted molar refractivity (Wildman–Crippen MR) is 72.2 cm³/mol. The Kier molecular flexibility index (Phi) is 3.79. The molecule has 2 nitrogen and oxygen atoms in total. The SMILES string of the molecule is Cc1cnc(OC(C)c2ccccc2)c(Br)c1. The molecule has 1 unspecified atom stereocenters. The zero-order chi connectivity index (χ0) is 12.3. The average molecular weight is 292 g/mol. The van der Waals surface area contributed by atoms with Crippen LogP contribution in [0.4, 0.5) is 0 Å². The number of halogens is 1. The number of hydrogen-bond donors (Lipinski definition) is 0. The molecule has 0 aliphatic carbocycles. The predicted octanol–water partition coefficient (Wildman–Crippen LogP) is 4.29. The Hall–Kier alpha value is -1.35. The van der Waals surface area contributed by atoms with Crippen LogP contribution in [0.5, 0.6) is 5.88 Å². The average Bonchev–Trinajstić information content (AvgIpc) is 2.34. The molecule has 2 rings (SSSR count). The molecule has 0 amide bonds. The van der Waals surface area contributed by atoms with E-state index in [-0.39, 0.29) is 6.10 Å². The molecule has 17 heavy (non-hydrogen) atoms. The second kappa shape index (κ2) is 5.32. The van der Waals surface area contributed by atoms with E-state index in [2.05, 4.69) is 20.9 Å². The van der Waals surface area contributed by atoms with Crippen LogP contribution in [0.2, 0.25) is 0 Å². The summed E-state index contributed by atoms with van der Waals surface area (Å²) < 4.78 is 6.72. The lowest BCUT2D eigenvalue weighted by atomic mass is 10.1. The molecular weight excluding hydrogens is 278 g/mol. The summed E-state index contributed by atoms with van der Waals surface area (Å²) in [4.78, 5) is 4.27. The maximum atomic E-state index is 5.83. The number of ether oxygens (including phenoxy) is 1. The fourth-order valence-corrected chi connectivity index (χ4v) is 2.12. The highest BCUT2D eigenvalue weighted by Crippen LogP contribution is 2.27. The summed E-state index contributed by atoms with van der Waals surface area (Å²) in [5.41, 5.74) is 2.25. The van der Waals surface area contributed by atoms with Gasteiger partial charge in [-0.15, -0.1) is 0 Å². The van der Waals surface area contributed by atoms with Crippen molar-refractivity contribution in [3.63, 3.8) is 0 Å². The van der Waals surface area contributed by atoms with Gasteiger partial charge in [0.05, 0.1) is 4.47 Å². The van der Waals surface area contributed by atoms with Gasteiger partial charge in [-0.3, -0.25) is 0 Å². The zero-order valence-corrected chi connectivity index (χ0v) is 11.4. The second-order valence-corrected chi connectivity index (χ2v) is 4.82. The minimum Gasteiger partial charge on any atom is -0.469 e. The second-order valence-electron chi connectivity index (χ2n) is 3.97. The lowest BCUT2D eigenvalue weighted by Crippen LogP contribution is -2.04. The van der Waals surface area contributed by atoms with Crippen molar-refractivity contribution in [1.82, 2.24) is 4.98 Å². The molecule has 0 radical (unpaired) electrons. The lowest BCUT2D eigenvalue weighted by Gasteiger charge is -2.15. The van der Waals surface area contributed by atoms with Crippen LogP contribution in [-0.4, -0.2) is 4.98 Å². The van der Waals surface area contributed by atoms with Gasteiger partial charge in [-0.05, 0) is 47.0 Å². The minimum atomic E-state index is -0.0114. The molecule has 1 atom stereocenters. The molecule has 0 saturated heterocycles. The van der Waals surface area contributed by atoms with E-state index in [1.807, 2.05) is 50.2 Å². The Balaban J connectivity index is 2.16. The van der Waals surface area contributed by atoms with Gasteiger partial charge in [0.25, 0.3) is 0 Å². The van der Waals surface area contributed by atoms with Crippen LogP contribution in [0.25, 0.3) is 0 Å². The van der Waals surface area contributed by atoms with E-state index in [9.17, 15) is 0 Å². The number of aryl methyl sites for hydroxylation is 1. The van der Waals surface area contributed by atoms with Crippen molar-refractivity contribution in [2.75, 3.05) is 0 Å². The molecule has 3 heteroatoms. The van der Waals surface area contributed by atoms with Crippen molar-refractivity contribution in [1.29, 1.82) is 0 Å². The molecule has 0 spiro atoms. The fraction of sp³-hybridized carbons (Fsp3) is 0.214. The van der Waals surface area contributed by atoms with Crippen molar-refractivity contribution < 1.29 is 4.74 Å². The topological polar surface area (TPSA) is 22.1 Å². The molecule has 0 saturated carbocycles. The first-order chi connectivity index (χ1) is 8.16. The summed E-state index contributed by atoms with van der Waals surface area (Å²) in [6, 6.07) is 12.1. The summed E-state index contributed by atoms with van der Waals surface area (Å²) in [7, 11) is 0. The minimum absolute atomic E-state index is 0.0114. The first-order valence-corrected chi connectivity index (χ1v) is 6.30. The number of hydrogen-bond acceptors (Lipinski definition) is 2. The maximum absolute atomic E-state index is 5.83. The zero-order valence-electron chi connectivity index (χ0n) is 9.85. The highest BCUT2D eigenvalue weighted by molar-refractivity contribution is 9.10. The van der Waals surface area contributed by atoms with Gasteiger partial charge in [0.1, 0.15) is 6.10 Å². The van der Waals surface area contributed by atoms with Gasteiger partial charge in [0.2, 0.25) is 5.88 Å². The van der Waals surface area contributed by atoms with Gasteiger partial charge in [-0.25, -0.2) is 4.98 Å². The number of pyridine rings is 1. The normalized spacial score (nSPS) is 12.2. The van der Waals surface area contributed by atoms with Crippen molar-refractivity contribution in [3.8, 4) is 5.88 Å². The number of nitrogens with zero attached hydrogens (tertiary/aromatic N) is 1. The summed E-state index contributed by atoms with van der Waals surface area (Å²) in [6.07, 6.45) is 1.79. The third-order valence-electron chi connectivity index (χ3n) is 2.50. The summed E-state index contributed by atoms with van der Waals surface area (Å²) in [6.45, 7) is 4.02. The third kappa shape index (κ3) is 3.07. The summed E-state index contributed by atoms with van der Waals surface area (Å²) in [5.74, 6) is 0.631. The molecule has 1 aromatic heterocycles. The monoisotopic (exact) mass is 291 g/mol. The van der Waals surface area contributed by atoms with Gasteiger partial charge in [0, 0.05) is 6.20 Å². The van der Waals surface area contributed by atoms with Crippen LogP contribution in [0.3, 0.4) is 0 Å². The quantitative estimate of drug-likeness (QED) is 0.841. The number of benzene rings is 1. The Morgan fingerprint density at radius 2 is 1.94 bits per heavy atom. The molecule has 88 valence electrons. The lowest BCUT2D eigenvalue weighted by molar-refractivity contribution is 0.215. The molecule has 1 aromatic carbocycles. The highest BCUT2D eigenvalue weighted by Gasteiger charge is 2.10. The summed E-state index contributed by atoms with van der Waals surface area (Å²) >= 11 is 3.46. The van der Waals surface area contributed by atoms with E-state index >= 15 is 0 Å². The van der Waals surface area contributed by atoms with Gasteiger partial charge >= 0.3 is 0 Å². The van der Waals surface area contributed by atoms with E-state index < -0.39 is 0 Å². The molecular formula is C14H14BrNO. The van der Waals surface area contributed by atoms with E-state index in [0.29, 0.717) is 5.88 Å². The van der Waals surface area contributed by atoms with Crippen LogP contribution in [0, 0.1) is 6.92 Å². The maximum Gasteiger partial charge on any atom is 0.228 e. The molecule has 0 bridgehead atoms. The van der Waals surface area contributed by atoms with Crippen molar-refractivity contribution >= 4 is 15.9 Å². The Bertz CT molecular complexity index is 499. The molecule has 0 N–H and O–H groups in total. The molecule has 0 aliphatic heterocycles. The molecule has 0 fully saturated rings. The smallest absolute Gasteiger partial charge is 0.228 e. The van der Waals surface area contributed by atoms with Gasteiger partial charge in [-0.1, -0.05) is 30.3 Å². The van der Waals surface area contributed by atoms with Crippen LogP contribution < -0.4 is 4.74 Å². The van der Waals surface area contributed by atoms with E-state index in [1.165, 1.54) is 0 Å². The first kappa shape index (κ1) is 12.1. The van der Waals surface area contributed by atoms with Crippen LogP contribution in [-0.2, 0) is 0 Å². The third-order valence-corrected chi connectivity index (χ3v) is 3.07. The number of rotatable bonds is 3. The van der Waals surface area contributed by atoms with Crippen molar-refractivity contribution in [2.45, 2.75) is 20.0 Å². The molecule has 0 aliphatic rings. The fourth-order valence-electron chi connectivity index (χ4n) is 1.57. The highest BCUT2D eigenvalue weighted by atomic mass is 79.9. The van der Waals surface area contributed by atoms with E-state index in [1.54, 1.807) is 6.20 Å².